The quantitative estimate of drug-likeness (QED) is 0.633. The van der Waals surface area contributed by atoms with Gasteiger partial charge in [0.05, 0.1) is 30.6 Å². The molecule has 0 radical (unpaired) electrons. The third-order valence-electron chi connectivity index (χ3n) is 3.15. The van der Waals surface area contributed by atoms with Crippen molar-refractivity contribution >= 4 is 23.3 Å². The third-order valence-corrected chi connectivity index (χ3v) is 3.15. The Balaban J connectivity index is 3.13. The molecule has 21 heavy (non-hydrogen) atoms. The van der Waals surface area contributed by atoms with Crippen molar-refractivity contribution in [1.82, 2.24) is 4.90 Å². The van der Waals surface area contributed by atoms with Gasteiger partial charge < -0.3 is 20.3 Å². The van der Waals surface area contributed by atoms with E-state index in [0.29, 0.717) is 23.5 Å². The standard InChI is InChI=1S/C15H23N3O3/c1-5-9-18(10-13(19)17(2)3)12-8-6-7-11(14(12)16)15(20)21-4/h6-8H,5,9-10,16H2,1-4H3. The predicted octanol–water partition coefficient (Wildman–Crippen LogP) is 1.36. The molecule has 0 unspecified atom stereocenters. The van der Waals surface area contributed by atoms with Crippen molar-refractivity contribution in [1.29, 1.82) is 0 Å². The zero-order chi connectivity index (χ0) is 16.0. The predicted molar refractivity (Wildman–Crippen MR) is 83.4 cm³/mol. The summed E-state index contributed by atoms with van der Waals surface area (Å²) in [6, 6.07) is 5.16. The molecule has 6 nitrogen and oxygen atoms in total. The molecule has 0 spiro atoms. The fourth-order valence-corrected chi connectivity index (χ4v) is 1.98. The van der Waals surface area contributed by atoms with Gasteiger partial charge in [0.25, 0.3) is 0 Å². The van der Waals surface area contributed by atoms with E-state index < -0.39 is 5.97 Å². The van der Waals surface area contributed by atoms with Crippen LogP contribution in [0.3, 0.4) is 0 Å². The Morgan fingerprint density at radius 1 is 1.29 bits per heavy atom. The van der Waals surface area contributed by atoms with Gasteiger partial charge in [0.1, 0.15) is 0 Å². The minimum absolute atomic E-state index is 0.0219. The van der Waals surface area contributed by atoms with Crippen molar-refractivity contribution in [2.75, 3.05) is 44.9 Å². The second kappa shape index (κ2) is 7.52. The van der Waals surface area contributed by atoms with Gasteiger partial charge >= 0.3 is 5.97 Å². The van der Waals surface area contributed by atoms with Crippen LogP contribution in [0.2, 0.25) is 0 Å². The van der Waals surface area contributed by atoms with E-state index >= 15 is 0 Å². The summed E-state index contributed by atoms with van der Waals surface area (Å²) >= 11 is 0. The number of carbonyl (C=O) groups excluding carboxylic acids is 2. The SMILES string of the molecule is CCCN(CC(=O)N(C)C)c1cccc(C(=O)OC)c1N. The van der Waals surface area contributed by atoms with E-state index in [1.807, 2.05) is 11.8 Å². The fourth-order valence-electron chi connectivity index (χ4n) is 1.98. The largest absolute Gasteiger partial charge is 0.465 e. The monoisotopic (exact) mass is 293 g/mol. The second-order valence-corrected chi connectivity index (χ2v) is 4.94. The molecule has 0 saturated heterocycles. The first-order chi connectivity index (χ1) is 9.92. The Morgan fingerprint density at radius 2 is 1.95 bits per heavy atom. The van der Waals surface area contributed by atoms with Crippen LogP contribution in [-0.2, 0) is 9.53 Å². The summed E-state index contributed by atoms with van der Waals surface area (Å²) in [4.78, 5) is 27.1. The number of amides is 1. The molecule has 2 N–H and O–H groups in total. The van der Waals surface area contributed by atoms with Gasteiger partial charge in [-0.15, -0.1) is 0 Å². The van der Waals surface area contributed by atoms with Crippen LogP contribution in [-0.4, -0.2) is 51.1 Å². The topological polar surface area (TPSA) is 75.9 Å². The molecule has 1 aromatic carbocycles. The molecule has 0 aromatic heterocycles. The van der Waals surface area contributed by atoms with Gasteiger partial charge in [-0.25, -0.2) is 4.79 Å². The van der Waals surface area contributed by atoms with Crippen LogP contribution < -0.4 is 10.6 Å². The number of hydrogen-bond donors (Lipinski definition) is 1. The van der Waals surface area contributed by atoms with Gasteiger partial charge in [-0.05, 0) is 18.6 Å². The minimum atomic E-state index is -0.482. The summed E-state index contributed by atoms with van der Waals surface area (Å²) in [5.41, 5.74) is 7.40. The molecule has 0 heterocycles. The maximum atomic E-state index is 11.9. The average Bonchev–Trinajstić information content (AvgIpc) is 2.46. The second-order valence-electron chi connectivity index (χ2n) is 4.94. The number of esters is 1. The van der Waals surface area contributed by atoms with Crippen molar-refractivity contribution < 1.29 is 14.3 Å². The Morgan fingerprint density at radius 3 is 2.48 bits per heavy atom. The number of nitrogens with two attached hydrogens (primary N) is 1. The molecular formula is C15H23N3O3. The summed E-state index contributed by atoms with van der Waals surface area (Å²) in [5, 5.41) is 0. The highest BCUT2D eigenvalue weighted by molar-refractivity contribution is 5.98. The lowest BCUT2D eigenvalue weighted by molar-refractivity contribution is -0.127. The van der Waals surface area contributed by atoms with Crippen LogP contribution >= 0.6 is 0 Å². The molecule has 1 amide bonds. The lowest BCUT2D eigenvalue weighted by Crippen LogP contribution is -2.37. The first kappa shape index (κ1) is 16.8. The summed E-state index contributed by atoms with van der Waals surface area (Å²) < 4.78 is 4.72. The number of ether oxygens (including phenoxy) is 1. The number of hydrogen-bond acceptors (Lipinski definition) is 5. The molecule has 116 valence electrons. The van der Waals surface area contributed by atoms with Gasteiger partial charge in [0.2, 0.25) is 5.91 Å². The smallest absolute Gasteiger partial charge is 0.340 e. The number of nitrogens with zero attached hydrogens (tertiary/aromatic N) is 2. The van der Waals surface area contributed by atoms with Crippen molar-refractivity contribution in [2.24, 2.45) is 0 Å². The van der Waals surface area contributed by atoms with Crippen molar-refractivity contribution in [2.45, 2.75) is 13.3 Å². The highest BCUT2D eigenvalue weighted by Crippen LogP contribution is 2.27. The van der Waals surface area contributed by atoms with E-state index in [9.17, 15) is 9.59 Å². The number of rotatable bonds is 6. The maximum absolute atomic E-state index is 11.9. The van der Waals surface area contributed by atoms with E-state index in [-0.39, 0.29) is 12.5 Å². The molecule has 1 rings (SSSR count). The summed E-state index contributed by atoms with van der Waals surface area (Å²) in [7, 11) is 4.73. The number of anilines is 2. The molecule has 6 heteroatoms. The van der Waals surface area contributed by atoms with Crippen molar-refractivity contribution in [3.8, 4) is 0 Å². The molecule has 0 bridgehead atoms. The zero-order valence-electron chi connectivity index (χ0n) is 13.0. The Kier molecular flexibility index (Phi) is 6.02. The molecule has 1 aromatic rings. The maximum Gasteiger partial charge on any atom is 0.340 e. The van der Waals surface area contributed by atoms with Crippen molar-refractivity contribution in [3.63, 3.8) is 0 Å². The minimum Gasteiger partial charge on any atom is -0.465 e. The normalized spacial score (nSPS) is 10.1. The van der Waals surface area contributed by atoms with Gasteiger partial charge in [0.15, 0.2) is 0 Å². The Labute approximate surface area is 125 Å². The zero-order valence-corrected chi connectivity index (χ0v) is 13.0. The van der Waals surface area contributed by atoms with Crippen LogP contribution in [0.4, 0.5) is 11.4 Å². The van der Waals surface area contributed by atoms with Gasteiger partial charge in [-0.1, -0.05) is 13.0 Å². The number of benzene rings is 1. The lowest BCUT2D eigenvalue weighted by Gasteiger charge is -2.27. The first-order valence-electron chi connectivity index (χ1n) is 6.84. The molecule has 0 atom stereocenters. The number of nitrogen functional groups attached to an aromatic ring is 1. The van der Waals surface area contributed by atoms with Crippen LogP contribution in [0.1, 0.15) is 23.7 Å². The van der Waals surface area contributed by atoms with Crippen LogP contribution in [0.5, 0.6) is 0 Å². The van der Waals surface area contributed by atoms with Gasteiger partial charge in [0, 0.05) is 20.6 Å². The van der Waals surface area contributed by atoms with Crippen LogP contribution in [0.25, 0.3) is 0 Å². The van der Waals surface area contributed by atoms with Crippen LogP contribution in [0.15, 0.2) is 18.2 Å². The van der Waals surface area contributed by atoms with E-state index in [0.717, 1.165) is 6.42 Å². The van der Waals surface area contributed by atoms with Crippen molar-refractivity contribution in [3.05, 3.63) is 23.8 Å². The van der Waals surface area contributed by atoms with E-state index in [4.69, 9.17) is 10.5 Å². The van der Waals surface area contributed by atoms with E-state index in [1.54, 1.807) is 32.3 Å². The average molecular weight is 293 g/mol. The van der Waals surface area contributed by atoms with Gasteiger partial charge in [-0.3, -0.25) is 4.79 Å². The summed E-state index contributed by atoms with van der Waals surface area (Å²) in [6.07, 6.45) is 0.864. The first-order valence-corrected chi connectivity index (χ1v) is 6.84. The lowest BCUT2D eigenvalue weighted by atomic mass is 10.1. The van der Waals surface area contributed by atoms with Crippen LogP contribution in [0, 0.1) is 0 Å². The highest BCUT2D eigenvalue weighted by Gasteiger charge is 2.19. The molecule has 0 aliphatic carbocycles. The summed E-state index contributed by atoms with van der Waals surface area (Å²) in [6.45, 7) is 2.91. The number of carbonyl (C=O) groups is 2. The molecule has 0 aliphatic heterocycles. The van der Waals surface area contributed by atoms with E-state index in [2.05, 4.69) is 0 Å². The molecule has 0 saturated carbocycles. The third kappa shape index (κ3) is 4.11. The Bertz CT molecular complexity index is 515. The fraction of sp³-hybridized carbons (Fsp3) is 0.467. The van der Waals surface area contributed by atoms with Gasteiger partial charge in [-0.2, -0.15) is 0 Å². The Hall–Kier alpha value is -2.24. The molecule has 0 fully saturated rings. The number of para-hydroxylation sites is 1. The summed E-state index contributed by atoms with van der Waals surface area (Å²) in [5.74, 6) is -0.504. The number of likely N-dealkylation sites (N-methyl/N-ethyl adjacent to an activating group) is 1. The number of methoxy groups -OCH3 is 1. The highest BCUT2D eigenvalue weighted by atomic mass is 16.5. The molecule has 0 aliphatic rings. The van der Waals surface area contributed by atoms with E-state index in [1.165, 1.54) is 12.0 Å². The molecular weight excluding hydrogens is 270 g/mol.